The topological polar surface area (TPSA) is 29.1 Å². The van der Waals surface area contributed by atoms with Gasteiger partial charge in [-0.3, -0.25) is 4.79 Å². The number of rotatable bonds is 2. The highest BCUT2D eigenvalue weighted by atomic mass is 19.1. The van der Waals surface area contributed by atoms with Crippen LogP contribution in [0.2, 0.25) is 0 Å². The molecule has 0 radical (unpaired) electrons. The van der Waals surface area contributed by atoms with E-state index in [-0.39, 0.29) is 11.7 Å². The van der Waals surface area contributed by atoms with E-state index < -0.39 is 0 Å². The van der Waals surface area contributed by atoms with E-state index in [1.54, 1.807) is 12.1 Å². The van der Waals surface area contributed by atoms with Crippen molar-refractivity contribution in [2.75, 3.05) is 5.32 Å². The standard InChI is InChI=1S/C17H14FNO/c1-2-11-4-3-5-12(8-11)9-15-14-10-13(18)6-7-16(14)19-17(15)20/h3-10H,2H2,1H3,(H,19,20). The van der Waals surface area contributed by atoms with Crippen LogP contribution in [0.5, 0.6) is 0 Å². The third-order valence-corrected chi connectivity index (χ3v) is 3.43. The van der Waals surface area contributed by atoms with Gasteiger partial charge in [0.15, 0.2) is 0 Å². The third kappa shape index (κ3) is 2.23. The average molecular weight is 267 g/mol. The van der Waals surface area contributed by atoms with Gasteiger partial charge in [-0.05, 0) is 41.8 Å². The Morgan fingerprint density at radius 3 is 2.85 bits per heavy atom. The second kappa shape index (κ2) is 4.93. The van der Waals surface area contributed by atoms with Crippen LogP contribution in [-0.4, -0.2) is 5.91 Å². The number of carbonyl (C=O) groups is 1. The second-order valence-corrected chi connectivity index (χ2v) is 4.80. The zero-order valence-electron chi connectivity index (χ0n) is 11.1. The highest BCUT2D eigenvalue weighted by Crippen LogP contribution is 2.33. The Morgan fingerprint density at radius 1 is 1.20 bits per heavy atom. The maximum Gasteiger partial charge on any atom is 0.256 e. The fourth-order valence-electron chi connectivity index (χ4n) is 2.37. The molecule has 1 aliphatic rings. The lowest BCUT2D eigenvalue weighted by Gasteiger charge is -2.01. The lowest BCUT2D eigenvalue weighted by atomic mass is 10.0. The van der Waals surface area contributed by atoms with Crippen molar-refractivity contribution in [3.05, 3.63) is 65.0 Å². The number of anilines is 1. The van der Waals surface area contributed by atoms with Gasteiger partial charge in [-0.15, -0.1) is 0 Å². The summed E-state index contributed by atoms with van der Waals surface area (Å²) in [7, 11) is 0. The van der Waals surface area contributed by atoms with Gasteiger partial charge in [0.1, 0.15) is 5.82 Å². The van der Waals surface area contributed by atoms with Crippen molar-refractivity contribution in [2.24, 2.45) is 0 Å². The Hall–Kier alpha value is -2.42. The molecule has 1 N–H and O–H groups in total. The van der Waals surface area contributed by atoms with Crippen molar-refractivity contribution in [1.29, 1.82) is 0 Å². The average Bonchev–Trinajstić information content (AvgIpc) is 2.75. The van der Waals surface area contributed by atoms with Crippen LogP contribution in [-0.2, 0) is 11.2 Å². The summed E-state index contributed by atoms with van der Waals surface area (Å²) in [5.41, 5.74) is 3.95. The molecule has 3 rings (SSSR count). The first-order chi connectivity index (χ1) is 9.67. The molecule has 0 spiro atoms. The molecule has 20 heavy (non-hydrogen) atoms. The highest BCUT2D eigenvalue weighted by Gasteiger charge is 2.24. The summed E-state index contributed by atoms with van der Waals surface area (Å²) in [6.45, 7) is 2.08. The van der Waals surface area contributed by atoms with Crippen LogP contribution in [0.25, 0.3) is 11.6 Å². The quantitative estimate of drug-likeness (QED) is 0.822. The van der Waals surface area contributed by atoms with Crippen molar-refractivity contribution in [2.45, 2.75) is 13.3 Å². The molecule has 100 valence electrons. The minimum Gasteiger partial charge on any atom is -0.321 e. The first-order valence-corrected chi connectivity index (χ1v) is 6.59. The summed E-state index contributed by atoms with van der Waals surface area (Å²) >= 11 is 0. The van der Waals surface area contributed by atoms with E-state index in [9.17, 15) is 9.18 Å². The van der Waals surface area contributed by atoms with Crippen molar-refractivity contribution >= 4 is 23.2 Å². The Morgan fingerprint density at radius 2 is 2.05 bits per heavy atom. The number of nitrogens with one attached hydrogen (secondary N) is 1. The second-order valence-electron chi connectivity index (χ2n) is 4.80. The Kier molecular flexibility index (Phi) is 3.11. The molecule has 0 atom stereocenters. The zero-order valence-corrected chi connectivity index (χ0v) is 11.1. The molecule has 0 bridgehead atoms. The van der Waals surface area contributed by atoms with Crippen LogP contribution in [0.3, 0.4) is 0 Å². The molecule has 0 aliphatic carbocycles. The lowest BCUT2D eigenvalue weighted by Crippen LogP contribution is -2.03. The molecule has 1 heterocycles. The molecular formula is C17H14FNO. The number of carbonyl (C=O) groups excluding carboxylic acids is 1. The predicted molar refractivity (Wildman–Crippen MR) is 78.7 cm³/mol. The molecule has 2 aromatic rings. The van der Waals surface area contributed by atoms with E-state index in [0.29, 0.717) is 16.8 Å². The minimum absolute atomic E-state index is 0.187. The molecule has 1 amide bonds. The Balaban J connectivity index is 2.08. The van der Waals surface area contributed by atoms with Crippen LogP contribution < -0.4 is 5.32 Å². The van der Waals surface area contributed by atoms with Gasteiger partial charge in [0, 0.05) is 16.8 Å². The largest absolute Gasteiger partial charge is 0.321 e. The molecule has 3 heteroatoms. The molecule has 1 aliphatic heterocycles. The Bertz CT molecular complexity index is 719. The molecule has 2 aromatic carbocycles. The van der Waals surface area contributed by atoms with E-state index in [4.69, 9.17) is 0 Å². The van der Waals surface area contributed by atoms with E-state index in [0.717, 1.165) is 12.0 Å². The number of hydrogen-bond acceptors (Lipinski definition) is 1. The van der Waals surface area contributed by atoms with E-state index >= 15 is 0 Å². The summed E-state index contributed by atoms with van der Waals surface area (Å²) in [6.07, 6.45) is 2.74. The van der Waals surface area contributed by atoms with Gasteiger partial charge in [-0.25, -0.2) is 4.39 Å². The first kappa shape index (κ1) is 12.6. The van der Waals surface area contributed by atoms with Gasteiger partial charge in [-0.1, -0.05) is 31.2 Å². The van der Waals surface area contributed by atoms with Gasteiger partial charge in [0.25, 0.3) is 5.91 Å². The maximum absolute atomic E-state index is 13.4. The van der Waals surface area contributed by atoms with Crippen molar-refractivity contribution in [3.8, 4) is 0 Å². The van der Waals surface area contributed by atoms with Crippen LogP contribution in [0.1, 0.15) is 23.6 Å². The molecule has 2 nitrogen and oxygen atoms in total. The van der Waals surface area contributed by atoms with Crippen molar-refractivity contribution < 1.29 is 9.18 Å². The molecule has 0 fully saturated rings. The first-order valence-electron chi connectivity index (χ1n) is 6.59. The fourth-order valence-corrected chi connectivity index (χ4v) is 2.37. The smallest absolute Gasteiger partial charge is 0.256 e. The van der Waals surface area contributed by atoms with Crippen molar-refractivity contribution in [3.63, 3.8) is 0 Å². The number of aryl methyl sites for hydroxylation is 1. The third-order valence-electron chi connectivity index (χ3n) is 3.43. The van der Waals surface area contributed by atoms with Crippen molar-refractivity contribution in [1.82, 2.24) is 0 Å². The SMILES string of the molecule is CCc1cccc(C=C2C(=O)Nc3ccc(F)cc32)c1. The predicted octanol–water partition coefficient (Wildman–Crippen LogP) is 3.88. The molecular weight excluding hydrogens is 253 g/mol. The van der Waals surface area contributed by atoms with Crippen LogP contribution in [0.15, 0.2) is 42.5 Å². The normalized spacial score (nSPS) is 15.3. The maximum atomic E-state index is 13.4. The molecule has 0 unspecified atom stereocenters. The zero-order chi connectivity index (χ0) is 14.1. The Labute approximate surface area is 116 Å². The van der Waals surface area contributed by atoms with Crippen LogP contribution in [0.4, 0.5) is 10.1 Å². The van der Waals surface area contributed by atoms with Gasteiger partial charge in [0.05, 0.1) is 0 Å². The van der Waals surface area contributed by atoms with Gasteiger partial charge < -0.3 is 5.32 Å². The number of benzene rings is 2. The van der Waals surface area contributed by atoms with Gasteiger partial charge in [0.2, 0.25) is 0 Å². The van der Waals surface area contributed by atoms with E-state index in [1.807, 2.05) is 24.3 Å². The number of fused-ring (bicyclic) bond motifs is 1. The van der Waals surface area contributed by atoms with Crippen LogP contribution >= 0.6 is 0 Å². The summed E-state index contributed by atoms with van der Waals surface area (Å²) in [6, 6.07) is 12.3. The summed E-state index contributed by atoms with van der Waals surface area (Å²) in [5, 5.41) is 2.75. The number of hydrogen-bond donors (Lipinski definition) is 1. The summed E-state index contributed by atoms with van der Waals surface area (Å²) in [4.78, 5) is 12.0. The minimum atomic E-state index is -0.339. The lowest BCUT2D eigenvalue weighted by molar-refractivity contribution is -0.110. The monoisotopic (exact) mass is 267 g/mol. The van der Waals surface area contributed by atoms with Crippen LogP contribution in [0, 0.1) is 5.82 Å². The molecule has 0 saturated heterocycles. The number of halogens is 1. The number of amides is 1. The summed E-state index contributed by atoms with van der Waals surface area (Å²) < 4.78 is 13.4. The molecule has 0 saturated carbocycles. The molecule has 0 aromatic heterocycles. The van der Waals surface area contributed by atoms with E-state index in [2.05, 4.69) is 12.2 Å². The van der Waals surface area contributed by atoms with Gasteiger partial charge >= 0.3 is 0 Å². The summed E-state index contributed by atoms with van der Waals surface area (Å²) in [5.74, 6) is -0.527. The van der Waals surface area contributed by atoms with Gasteiger partial charge in [-0.2, -0.15) is 0 Å². The fraction of sp³-hybridized carbons (Fsp3) is 0.118. The van der Waals surface area contributed by atoms with E-state index in [1.165, 1.54) is 17.7 Å². The highest BCUT2D eigenvalue weighted by molar-refractivity contribution is 6.34.